The van der Waals surface area contributed by atoms with Crippen molar-refractivity contribution in [3.63, 3.8) is 0 Å². The Balaban J connectivity index is 3.01. The van der Waals surface area contributed by atoms with Crippen molar-refractivity contribution < 1.29 is 14.3 Å². The largest absolute Gasteiger partial charge is 0.462 e. The molecular formula is C14H18N2O3S2. The summed E-state index contributed by atoms with van der Waals surface area (Å²) in [5.74, 6) is -0.526. The molecule has 5 nitrogen and oxygen atoms in total. The van der Waals surface area contributed by atoms with Crippen molar-refractivity contribution in [2.75, 3.05) is 11.9 Å². The molecule has 1 amide bonds. The molecule has 0 aliphatic heterocycles. The average Bonchev–Trinajstić information content (AvgIpc) is 2.75. The third-order valence-corrected chi connectivity index (χ3v) is 4.83. The smallest absolute Gasteiger partial charge is 0.348 e. The monoisotopic (exact) mass is 326 g/mol. The molecular weight excluding hydrogens is 308 g/mol. The first-order valence-corrected chi connectivity index (χ1v) is 8.34. The van der Waals surface area contributed by atoms with E-state index in [0.29, 0.717) is 26.8 Å². The Bertz CT molecular complexity index is 561. The lowest BCUT2D eigenvalue weighted by atomic mass is 10.2. The number of hydrogen-bond acceptors (Lipinski definition) is 6. The number of nitrogens with zero attached hydrogens (tertiary/aromatic N) is 1. The van der Waals surface area contributed by atoms with Gasteiger partial charge in [0.2, 0.25) is 5.91 Å². The van der Waals surface area contributed by atoms with E-state index in [1.54, 1.807) is 13.8 Å². The summed E-state index contributed by atoms with van der Waals surface area (Å²) >= 11 is 2.10. The van der Waals surface area contributed by atoms with Gasteiger partial charge >= 0.3 is 5.97 Å². The van der Waals surface area contributed by atoms with Gasteiger partial charge in [0.25, 0.3) is 0 Å². The van der Waals surface area contributed by atoms with Crippen LogP contribution in [0.25, 0.3) is 0 Å². The minimum absolute atomic E-state index is 0.103. The van der Waals surface area contributed by atoms with Crippen molar-refractivity contribution >= 4 is 40.0 Å². The van der Waals surface area contributed by atoms with Crippen LogP contribution in [-0.4, -0.2) is 18.5 Å². The number of carbonyl (C=O) groups excluding carboxylic acids is 2. The molecule has 114 valence electrons. The van der Waals surface area contributed by atoms with Crippen LogP contribution in [0.5, 0.6) is 0 Å². The third kappa shape index (κ3) is 4.76. The number of thiocyanates is 1. The van der Waals surface area contributed by atoms with Crippen LogP contribution in [0.2, 0.25) is 0 Å². The minimum Gasteiger partial charge on any atom is -0.462 e. The number of hydrogen-bond donors (Lipinski definition) is 1. The molecule has 1 N–H and O–H groups in total. The lowest BCUT2D eigenvalue weighted by Gasteiger charge is -2.03. The second kappa shape index (κ2) is 8.70. The predicted octanol–water partition coefficient (Wildman–Crippen LogP) is 3.94. The molecule has 0 aliphatic rings. The zero-order valence-electron chi connectivity index (χ0n) is 12.3. The van der Waals surface area contributed by atoms with Gasteiger partial charge in [0, 0.05) is 6.42 Å². The third-order valence-electron chi connectivity index (χ3n) is 2.71. The number of rotatable bonds is 7. The Morgan fingerprint density at radius 2 is 2.14 bits per heavy atom. The molecule has 0 atom stereocenters. The number of nitriles is 1. The van der Waals surface area contributed by atoms with E-state index in [-0.39, 0.29) is 12.5 Å². The summed E-state index contributed by atoms with van der Waals surface area (Å²) in [6, 6.07) is 0. The fraction of sp³-hybridized carbons (Fsp3) is 0.500. The molecule has 0 saturated heterocycles. The van der Waals surface area contributed by atoms with Crippen molar-refractivity contribution in [3.05, 3.63) is 10.4 Å². The number of thioether (sulfide) groups is 1. The number of amides is 1. The molecule has 21 heavy (non-hydrogen) atoms. The van der Waals surface area contributed by atoms with E-state index in [4.69, 9.17) is 10.00 Å². The van der Waals surface area contributed by atoms with Crippen molar-refractivity contribution in [2.24, 2.45) is 0 Å². The summed E-state index contributed by atoms with van der Waals surface area (Å²) in [6.07, 6.45) is 2.17. The molecule has 0 spiro atoms. The molecule has 1 heterocycles. The molecule has 1 aromatic heterocycles. The van der Waals surface area contributed by atoms with Crippen molar-refractivity contribution in [1.82, 2.24) is 0 Å². The Kier molecular flexibility index (Phi) is 7.26. The van der Waals surface area contributed by atoms with E-state index in [1.807, 2.05) is 12.3 Å². The number of thiophene rings is 1. The number of nitrogens with one attached hydrogen (secondary N) is 1. The standard InChI is InChI=1S/C14H18N2O3S2/c1-4-6-7-10(17)16-13-11(20-8-15)9(3)12(21-13)14(18)19-5-2/h4-7H2,1-3H3,(H,16,17). The quantitative estimate of drug-likeness (QED) is 0.466. The summed E-state index contributed by atoms with van der Waals surface area (Å²) in [5.41, 5.74) is 0.677. The zero-order chi connectivity index (χ0) is 15.8. The van der Waals surface area contributed by atoms with E-state index in [1.165, 1.54) is 0 Å². The van der Waals surface area contributed by atoms with Crippen LogP contribution in [-0.2, 0) is 9.53 Å². The molecule has 0 bridgehead atoms. The van der Waals surface area contributed by atoms with Gasteiger partial charge in [-0.1, -0.05) is 13.3 Å². The van der Waals surface area contributed by atoms with E-state index >= 15 is 0 Å². The number of anilines is 1. The van der Waals surface area contributed by atoms with Crippen LogP contribution in [0.4, 0.5) is 5.00 Å². The van der Waals surface area contributed by atoms with E-state index in [9.17, 15) is 9.59 Å². The van der Waals surface area contributed by atoms with Gasteiger partial charge in [-0.3, -0.25) is 4.79 Å². The summed E-state index contributed by atoms with van der Waals surface area (Å²) in [5, 5.41) is 14.2. The fourth-order valence-electron chi connectivity index (χ4n) is 1.67. The van der Waals surface area contributed by atoms with Crippen LogP contribution in [0.1, 0.15) is 48.3 Å². The predicted molar refractivity (Wildman–Crippen MR) is 84.6 cm³/mol. The van der Waals surface area contributed by atoms with Crippen molar-refractivity contribution in [3.8, 4) is 5.40 Å². The Labute approximate surface area is 132 Å². The molecule has 0 unspecified atom stereocenters. The summed E-state index contributed by atoms with van der Waals surface area (Å²) < 4.78 is 4.99. The lowest BCUT2D eigenvalue weighted by molar-refractivity contribution is -0.116. The van der Waals surface area contributed by atoms with Crippen LogP contribution >= 0.6 is 23.1 Å². The summed E-state index contributed by atoms with van der Waals surface area (Å²) in [4.78, 5) is 24.8. The van der Waals surface area contributed by atoms with Gasteiger partial charge in [-0.05, 0) is 37.6 Å². The van der Waals surface area contributed by atoms with Crippen LogP contribution in [0.3, 0.4) is 0 Å². The first-order chi connectivity index (χ1) is 10.0. The van der Waals surface area contributed by atoms with Gasteiger partial charge in [0.05, 0.1) is 11.5 Å². The first-order valence-electron chi connectivity index (χ1n) is 6.71. The number of unbranched alkanes of at least 4 members (excludes halogenated alkanes) is 1. The zero-order valence-corrected chi connectivity index (χ0v) is 13.9. The Hall–Kier alpha value is -1.52. The Morgan fingerprint density at radius 3 is 2.71 bits per heavy atom. The number of esters is 1. The van der Waals surface area contributed by atoms with E-state index < -0.39 is 5.97 Å². The molecule has 0 aromatic carbocycles. The van der Waals surface area contributed by atoms with Gasteiger partial charge in [0.15, 0.2) is 0 Å². The van der Waals surface area contributed by atoms with E-state index in [0.717, 1.165) is 35.9 Å². The fourth-order valence-corrected chi connectivity index (χ4v) is 3.48. The molecule has 0 fully saturated rings. The van der Waals surface area contributed by atoms with E-state index in [2.05, 4.69) is 5.32 Å². The van der Waals surface area contributed by atoms with Crippen LogP contribution < -0.4 is 5.32 Å². The highest BCUT2D eigenvalue weighted by molar-refractivity contribution is 8.04. The second-order valence-electron chi connectivity index (χ2n) is 4.28. The van der Waals surface area contributed by atoms with Gasteiger partial charge in [-0.15, -0.1) is 11.3 Å². The maximum atomic E-state index is 11.9. The van der Waals surface area contributed by atoms with Crippen molar-refractivity contribution in [1.29, 1.82) is 5.26 Å². The number of ether oxygens (including phenoxy) is 1. The molecule has 1 rings (SSSR count). The first kappa shape index (κ1) is 17.5. The molecule has 0 aliphatic carbocycles. The van der Waals surface area contributed by atoms with Crippen molar-refractivity contribution in [2.45, 2.75) is 44.9 Å². The van der Waals surface area contributed by atoms with Gasteiger partial charge < -0.3 is 10.1 Å². The topological polar surface area (TPSA) is 79.2 Å². The Morgan fingerprint density at radius 1 is 1.43 bits per heavy atom. The highest BCUT2D eigenvalue weighted by Gasteiger charge is 2.22. The molecule has 1 aromatic rings. The maximum Gasteiger partial charge on any atom is 0.348 e. The minimum atomic E-state index is -0.422. The second-order valence-corrected chi connectivity index (χ2v) is 6.10. The molecule has 7 heteroatoms. The van der Waals surface area contributed by atoms with Crippen LogP contribution in [0.15, 0.2) is 4.90 Å². The highest BCUT2D eigenvalue weighted by atomic mass is 32.2. The van der Waals surface area contributed by atoms with Gasteiger partial charge in [-0.25, -0.2) is 4.79 Å². The van der Waals surface area contributed by atoms with Gasteiger partial charge in [0.1, 0.15) is 15.3 Å². The van der Waals surface area contributed by atoms with Gasteiger partial charge in [-0.2, -0.15) is 5.26 Å². The maximum absolute atomic E-state index is 11.9. The summed E-state index contributed by atoms with van der Waals surface area (Å²) in [7, 11) is 0. The average molecular weight is 326 g/mol. The SMILES string of the molecule is CCCCC(=O)Nc1sc(C(=O)OCC)c(C)c1SC#N. The normalized spacial score (nSPS) is 10.0. The van der Waals surface area contributed by atoms with Crippen LogP contribution in [0, 0.1) is 17.6 Å². The number of carbonyl (C=O) groups is 2. The molecule has 0 saturated carbocycles. The summed E-state index contributed by atoms with van der Waals surface area (Å²) in [6.45, 7) is 5.79. The lowest BCUT2D eigenvalue weighted by Crippen LogP contribution is -2.10. The highest BCUT2D eigenvalue weighted by Crippen LogP contribution is 2.40. The molecule has 0 radical (unpaired) electrons.